The van der Waals surface area contributed by atoms with Gasteiger partial charge in [-0.3, -0.25) is 0 Å². The Balaban J connectivity index is 1.96. The molecule has 1 aromatic carbocycles. The van der Waals surface area contributed by atoms with Crippen LogP contribution in [0.2, 0.25) is 0 Å². The van der Waals surface area contributed by atoms with Crippen LogP contribution in [0.1, 0.15) is 12.2 Å². The van der Waals surface area contributed by atoms with Crippen molar-refractivity contribution >= 4 is 15.9 Å². The van der Waals surface area contributed by atoms with E-state index in [0.29, 0.717) is 19.8 Å². The Kier molecular flexibility index (Phi) is 3.93. The summed E-state index contributed by atoms with van der Waals surface area (Å²) in [6.45, 7) is 1.94. The van der Waals surface area contributed by atoms with E-state index in [0.717, 1.165) is 46.0 Å². The molecule has 0 amide bonds. The molecule has 0 saturated heterocycles. The number of fused-ring (bicyclic) bond motifs is 1. The summed E-state index contributed by atoms with van der Waals surface area (Å²) >= 11 is 3.50. The lowest BCUT2D eigenvalue weighted by Crippen LogP contribution is -2.03. The number of H-pyrrole nitrogens is 1. The molecule has 1 aliphatic rings. The van der Waals surface area contributed by atoms with E-state index < -0.39 is 0 Å². The zero-order valence-corrected chi connectivity index (χ0v) is 12.6. The van der Waals surface area contributed by atoms with Crippen molar-refractivity contribution < 1.29 is 9.47 Å². The molecule has 0 unspecified atom stereocenters. The molecule has 5 nitrogen and oxygen atoms in total. The van der Waals surface area contributed by atoms with Gasteiger partial charge in [-0.1, -0.05) is 0 Å². The first-order chi connectivity index (χ1) is 9.78. The number of nitrogens with zero attached hydrogens (tertiary/aromatic N) is 1. The van der Waals surface area contributed by atoms with E-state index in [2.05, 4.69) is 25.9 Å². The van der Waals surface area contributed by atoms with Crippen molar-refractivity contribution in [3.8, 4) is 22.8 Å². The molecule has 0 aliphatic carbocycles. The summed E-state index contributed by atoms with van der Waals surface area (Å²) in [5.74, 6) is 2.44. The van der Waals surface area contributed by atoms with Gasteiger partial charge in [-0.25, -0.2) is 4.98 Å². The minimum Gasteiger partial charge on any atom is -0.490 e. The lowest BCUT2D eigenvalue weighted by molar-refractivity contribution is 0.297. The van der Waals surface area contributed by atoms with Crippen LogP contribution in [-0.2, 0) is 6.42 Å². The number of benzene rings is 1. The summed E-state index contributed by atoms with van der Waals surface area (Å²) in [6, 6.07) is 5.88. The zero-order chi connectivity index (χ0) is 13.9. The molecule has 20 heavy (non-hydrogen) atoms. The van der Waals surface area contributed by atoms with E-state index in [1.54, 1.807) is 0 Å². The number of ether oxygens (including phenoxy) is 2. The van der Waals surface area contributed by atoms with Crippen molar-refractivity contribution in [2.75, 3.05) is 19.8 Å². The normalized spacial score (nSPS) is 14.1. The second kappa shape index (κ2) is 5.85. The van der Waals surface area contributed by atoms with Gasteiger partial charge in [0.2, 0.25) is 0 Å². The maximum absolute atomic E-state index is 5.71. The average Bonchev–Trinajstić information content (AvgIpc) is 2.68. The minimum absolute atomic E-state index is 0.570. The highest BCUT2D eigenvalue weighted by molar-refractivity contribution is 9.10. The van der Waals surface area contributed by atoms with Crippen molar-refractivity contribution in [1.29, 1.82) is 0 Å². The van der Waals surface area contributed by atoms with Gasteiger partial charge in [-0.05, 0) is 40.7 Å². The molecule has 0 fully saturated rings. The molecule has 0 atom stereocenters. The molecule has 2 heterocycles. The fourth-order valence-corrected chi connectivity index (χ4v) is 2.70. The minimum atomic E-state index is 0.570. The fraction of sp³-hybridized carbons (Fsp3) is 0.357. The van der Waals surface area contributed by atoms with Crippen LogP contribution in [0.5, 0.6) is 11.5 Å². The van der Waals surface area contributed by atoms with Crippen LogP contribution in [-0.4, -0.2) is 29.7 Å². The van der Waals surface area contributed by atoms with Crippen LogP contribution < -0.4 is 15.2 Å². The maximum Gasteiger partial charge on any atom is 0.161 e. The standard InChI is InChI=1S/C14H16BrN3O2/c15-14-13(17-12(18-14)4-5-16)9-2-3-10-11(8-9)20-7-1-6-19-10/h2-3,8H,1,4-7,16H2,(H,17,18). The largest absolute Gasteiger partial charge is 0.490 e. The fourth-order valence-electron chi connectivity index (χ4n) is 2.15. The molecule has 3 rings (SSSR count). The molecule has 106 valence electrons. The first kappa shape index (κ1) is 13.5. The lowest BCUT2D eigenvalue weighted by Gasteiger charge is -2.08. The highest BCUT2D eigenvalue weighted by Crippen LogP contribution is 2.35. The third-order valence-electron chi connectivity index (χ3n) is 3.11. The summed E-state index contributed by atoms with van der Waals surface area (Å²) in [6.07, 6.45) is 1.62. The molecule has 2 aromatic rings. The van der Waals surface area contributed by atoms with E-state index in [4.69, 9.17) is 15.2 Å². The second-order valence-corrected chi connectivity index (χ2v) is 5.39. The Bertz CT molecular complexity index is 612. The number of aromatic nitrogens is 2. The number of hydrogen-bond donors (Lipinski definition) is 2. The van der Waals surface area contributed by atoms with E-state index in [9.17, 15) is 0 Å². The molecular formula is C14H16BrN3O2. The van der Waals surface area contributed by atoms with Gasteiger partial charge < -0.3 is 20.2 Å². The average molecular weight is 338 g/mol. The quantitative estimate of drug-likeness (QED) is 0.902. The predicted octanol–water partition coefficient (Wildman–Crippen LogP) is 2.50. The van der Waals surface area contributed by atoms with Crippen molar-refractivity contribution in [3.63, 3.8) is 0 Å². The van der Waals surface area contributed by atoms with Gasteiger partial charge in [0.25, 0.3) is 0 Å². The summed E-state index contributed by atoms with van der Waals surface area (Å²) in [4.78, 5) is 7.75. The lowest BCUT2D eigenvalue weighted by atomic mass is 10.1. The predicted molar refractivity (Wildman–Crippen MR) is 80.1 cm³/mol. The third-order valence-corrected chi connectivity index (χ3v) is 3.68. The van der Waals surface area contributed by atoms with Gasteiger partial charge in [0.05, 0.1) is 13.2 Å². The van der Waals surface area contributed by atoms with Crippen molar-refractivity contribution in [2.45, 2.75) is 12.8 Å². The van der Waals surface area contributed by atoms with Crippen molar-refractivity contribution in [1.82, 2.24) is 9.97 Å². The van der Waals surface area contributed by atoms with Gasteiger partial charge in [-0.15, -0.1) is 0 Å². The van der Waals surface area contributed by atoms with Crippen LogP contribution in [0.25, 0.3) is 11.3 Å². The number of halogens is 1. The van der Waals surface area contributed by atoms with E-state index in [1.807, 2.05) is 18.2 Å². The number of hydrogen-bond acceptors (Lipinski definition) is 4. The van der Waals surface area contributed by atoms with E-state index in [-0.39, 0.29) is 0 Å². The summed E-state index contributed by atoms with van der Waals surface area (Å²) in [5.41, 5.74) is 7.41. The Morgan fingerprint density at radius 1 is 1.25 bits per heavy atom. The molecule has 0 bridgehead atoms. The smallest absolute Gasteiger partial charge is 0.161 e. The highest BCUT2D eigenvalue weighted by atomic mass is 79.9. The van der Waals surface area contributed by atoms with Crippen molar-refractivity contribution in [3.05, 3.63) is 28.6 Å². The number of aromatic amines is 1. The first-order valence-corrected chi connectivity index (χ1v) is 7.41. The van der Waals surface area contributed by atoms with E-state index in [1.165, 1.54) is 0 Å². The molecule has 0 radical (unpaired) electrons. The van der Waals surface area contributed by atoms with Gasteiger partial charge in [0.15, 0.2) is 11.5 Å². The molecule has 1 aromatic heterocycles. The molecule has 3 N–H and O–H groups in total. The third kappa shape index (κ3) is 2.66. The molecule has 0 spiro atoms. The Labute approximate surface area is 125 Å². The number of nitrogens with one attached hydrogen (secondary N) is 1. The maximum atomic E-state index is 5.71. The van der Waals surface area contributed by atoms with Crippen LogP contribution in [0.15, 0.2) is 22.8 Å². The summed E-state index contributed by atoms with van der Waals surface area (Å²) < 4.78 is 12.2. The molecular weight excluding hydrogens is 322 g/mol. The number of imidazole rings is 1. The van der Waals surface area contributed by atoms with Gasteiger partial charge in [0.1, 0.15) is 16.1 Å². The Morgan fingerprint density at radius 3 is 2.85 bits per heavy atom. The highest BCUT2D eigenvalue weighted by Gasteiger charge is 2.15. The van der Waals surface area contributed by atoms with Crippen LogP contribution in [0, 0.1) is 0 Å². The Hall–Kier alpha value is -1.53. The summed E-state index contributed by atoms with van der Waals surface area (Å²) in [5, 5.41) is 0. The first-order valence-electron chi connectivity index (χ1n) is 6.62. The van der Waals surface area contributed by atoms with Gasteiger partial charge >= 0.3 is 0 Å². The molecule has 0 saturated carbocycles. The second-order valence-electron chi connectivity index (χ2n) is 4.60. The zero-order valence-electron chi connectivity index (χ0n) is 11.0. The number of nitrogens with two attached hydrogens (primary N) is 1. The van der Waals surface area contributed by atoms with Crippen molar-refractivity contribution in [2.24, 2.45) is 5.73 Å². The van der Waals surface area contributed by atoms with Gasteiger partial charge in [-0.2, -0.15) is 0 Å². The van der Waals surface area contributed by atoms with Crippen LogP contribution in [0.3, 0.4) is 0 Å². The summed E-state index contributed by atoms with van der Waals surface area (Å²) in [7, 11) is 0. The monoisotopic (exact) mass is 337 g/mol. The number of rotatable bonds is 3. The molecule has 1 aliphatic heterocycles. The van der Waals surface area contributed by atoms with Crippen LogP contribution in [0.4, 0.5) is 0 Å². The SMILES string of the molecule is NCCc1nc(-c2ccc3c(c2)OCCCO3)c(Br)[nH]1. The topological polar surface area (TPSA) is 73.2 Å². The molecule has 6 heteroatoms. The Morgan fingerprint density at radius 2 is 2.05 bits per heavy atom. The van der Waals surface area contributed by atoms with Crippen LogP contribution >= 0.6 is 15.9 Å². The van der Waals surface area contributed by atoms with E-state index >= 15 is 0 Å². The van der Waals surface area contributed by atoms with Gasteiger partial charge in [0, 0.05) is 18.4 Å².